The molecule has 0 unspecified atom stereocenters. The van der Waals surface area contributed by atoms with Gasteiger partial charge in [-0.05, 0) is 42.0 Å². The zero-order valence-electron chi connectivity index (χ0n) is 18.5. The van der Waals surface area contributed by atoms with Crippen LogP contribution >= 0.6 is 0 Å². The molecule has 0 radical (unpaired) electrons. The van der Waals surface area contributed by atoms with E-state index >= 15 is 0 Å². The van der Waals surface area contributed by atoms with Gasteiger partial charge in [-0.25, -0.2) is 0 Å². The molecule has 3 aromatic rings. The highest BCUT2D eigenvalue weighted by atomic mass is 19.4. The number of nitrogen functional groups attached to an aromatic ring is 2. The molecule has 0 bridgehead atoms. The Morgan fingerprint density at radius 3 is 1.67 bits per heavy atom. The van der Waals surface area contributed by atoms with Gasteiger partial charge in [0.05, 0.1) is 11.1 Å². The van der Waals surface area contributed by atoms with Crippen molar-refractivity contribution < 1.29 is 35.8 Å². The first-order chi connectivity index (χ1) is 16.9. The van der Waals surface area contributed by atoms with Crippen LogP contribution in [0, 0.1) is 0 Å². The Bertz CT molecular complexity index is 1250. The Balaban J connectivity index is 1.92. The van der Waals surface area contributed by atoms with Crippen molar-refractivity contribution in [2.75, 3.05) is 11.5 Å². The molecule has 0 saturated heterocycles. The molecular formula is C26H20F6N2O2. The fourth-order valence-corrected chi connectivity index (χ4v) is 3.84. The van der Waals surface area contributed by atoms with Gasteiger partial charge in [-0.1, -0.05) is 48.6 Å². The van der Waals surface area contributed by atoms with Crippen LogP contribution in [0.1, 0.15) is 23.1 Å². The summed E-state index contributed by atoms with van der Waals surface area (Å²) in [6.45, 7) is 0. The third kappa shape index (κ3) is 5.12. The van der Waals surface area contributed by atoms with Crippen LogP contribution in [-0.4, -0.2) is 5.79 Å². The van der Waals surface area contributed by atoms with Gasteiger partial charge >= 0.3 is 12.4 Å². The lowest BCUT2D eigenvalue weighted by molar-refractivity contribution is -0.145. The van der Waals surface area contributed by atoms with E-state index in [9.17, 15) is 26.3 Å². The number of benzene rings is 3. The van der Waals surface area contributed by atoms with Gasteiger partial charge < -0.3 is 20.9 Å². The summed E-state index contributed by atoms with van der Waals surface area (Å²) in [5, 5.41) is 0. The lowest BCUT2D eigenvalue weighted by Crippen LogP contribution is -2.45. The molecule has 1 aliphatic rings. The minimum atomic E-state index is -4.86. The van der Waals surface area contributed by atoms with E-state index in [0.29, 0.717) is 17.7 Å². The number of ether oxygens (including phenoxy) is 2. The van der Waals surface area contributed by atoms with Crippen LogP contribution in [0.25, 0.3) is 5.57 Å². The second-order valence-corrected chi connectivity index (χ2v) is 8.04. The Kier molecular flexibility index (Phi) is 6.38. The summed E-state index contributed by atoms with van der Waals surface area (Å²) in [5.41, 5.74) is 9.13. The van der Waals surface area contributed by atoms with E-state index in [2.05, 4.69) is 0 Å². The standard InChI is InChI=1S/C26H20F6N2O2/c27-25(28,29)20-14-17(33)9-11-22(20)35-24(13-5-4-8-19(24)16-6-2-1-3-7-16)36-23-12-10-18(34)15-21(23)26(30,31)32/h1-12,14-15H,13,33-34H2. The average molecular weight is 506 g/mol. The number of anilines is 2. The normalized spacial score (nSPS) is 15.3. The second-order valence-electron chi connectivity index (χ2n) is 8.04. The van der Waals surface area contributed by atoms with E-state index in [0.717, 1.165) is 12.1 Å². The number of nitrogens with two attached hydrogens (primary N) is 2. The fraction of sp³-hybridized carbons (Fsp3) is 0.154. The van der Waals surface area contributed by atoms with Gasteiger partial charge in [-0.3, -0.25) is 0 Å². The van der Waals surface area contributed by atoms with Gasteiger partial charge in [-0.15, -0.1) is 0 Å². The SMILES string of the molecule is Nc1ccc(OC2(Oc3ccc(N)cc3C(F)(F)F)CC=CC=C2c2ccccc2)c(C(F)(F)F)c1. The molecule has 10 heteroatoms. The Labute approximate surface area is 202 Å². The molecule has 0 aromatic heterocycles. The zero-order valence-corrected chi connectivity index (χ0v) is 18.5. The molecule has 3 aromatic carbocycles. The van der Waals surface area contributed by atoms with Crippen LogP contribution in [0.15, 0.2) is 85.0 Å². The highest BCUT2D eigenvalue weighted by Crippen LogP contribution is 2.46. The molecule has 0 spiro atoms. The second kappa shape index (κ2) is 9.18. The molecule has 188 valence electrons. The number of allylic oxidation sites excluding steroid dienone is 2. The molecule has 0 amide bonds. The molecule has 0 fully saturated rings. The number of halogens is 6. The Morgan fingerprint density at radius 1 is 0.694 bits per heavy atom. The molecule has 4 rings (SSSR count). The highest BCUT2D eigenvalue weighted by molar-refractivity contribution is 5.75. The first-order valence-electron chi connectivity index (χ1n) is 10.6. The largest absolute Gasteiger partial charge is 0.447 e. The van der Waals surface area contributed by atoms with Crippen LogP contribution in [0.5, 0.6) is 11.5 Å². The highest BCUT2D eigenvalue weighted by Gasteiger charge is 2.45. The summed E-state index contributed by atoms with van der Waals surface area (Å²) in [5.74, 6) is -3.40. The minimum absolute atomic E-state index is 0.162. The van der Waals surface area contributed by atoms with Gasteiger partial charge in [-0.2, -0.15) is 26.3 Å². The smallest absolute Gasteiger partial charge is 0.420 e. The maximum Gasteiger partial charge on any atom is 0.420 e. The van der Waals surface area contributed by atoms with Crippen molar-refractivity contribution in [3.05, 3.63) is 102 Å². The van der Waals surface area contributed by atoms with Crippen molar-refractivity contribution in [3.63, 3.8) is 0 Å². The molecule has 36 heavy (non-hydrogen) atoms. The molecule has 4 N–H and O–H groups in total. The predicted molar refractivity (Wildman–Crippen MR) is 124 cm³/mol. The van der Waals surface area contributed by atoms with Gasteiger partial charge in [0.1, 0.15) is 11.5 Å². The number of alkyl halides is 6. The van der Waals surface area contributed by atoms with Crippen LogP contribution in [0.3, 0.4) is 0 Å². The fourth-order valence-electron chi connectivity index (χ4n) is 3.84. The van der Waals surface area contributed by atoms with Gasteiger partial charge in [0.15, 0.2) is 0 Å². The molecule has 0 aliphatic heterocycles. The van der Waals surface area contributed by atoms with Gasteiger partial charge in [0.2, 0.25) is 0 Å². The molecule has 0 saturated carbocycles. The summed E-state index contributed by atoms with van der Waals surface area (Å²) >= 11 is 0. The molecule has 1 aliphatic carbocycles. The maximum atomic E-state index is 13.9. The van der Waals surface area contributed by atoms with E-state index in [1.807, 2.05) is 0 Å². The van der Waals surface area contributed by atoms with Gasteiger partial charge in [0, 0.05) is 23.4 Å². The van der Waals surface area contributed by atoms with Crippen molar-refractivity contribution in [1.82, 2.24) is 0 Å². The molecule has 4 nitrogen and oxygen atoms in total. The number of hydrogen-bond acceptors (Lipinski definition) is 4. The lowest BCUT2D eigenvalue weighted by Gasteiger charge is -2.38. The Hall–Kier alpha value is -4.08. The van der Waals surface area contributed by atoms with Crippen molar-refractivity contribution in [2.45, 2.75) is 24.6 Å². The topological polar surface area (TPSA) is 70.5 Å². The maximum absolute atomic E-state index is 13.9. The average Bonchev–Trinajstić information content (AvgIpc) is 2.81. The lowest BCUT2D eigenvalue weighted by atomic mass is 9.90. The van der Waals surface area contributed by atoms with Crippen LogP contribution in [-0.2, 0) is 12.4 Å². The summed E-state index contributed by atoms with van der Waals surface area (Å²) < 4.78 is 94.9. The minimum Gasteiger partial charge on any atom is -0.447 e. The first-order valence-corrected chi connectivity index (χ1v) is 10.6. The van der Waals surface area contributed by atoms with Crippen molar-refractivity contribution >= 4 is 16.9 Å². The summed E-state index contributed by atoms with van der Waals surface area (Å²) in [6, 6.07) is 14.2. The van der Waals surface area contributed by atoms with Crippen LogP contribution in [0.4, 0.5) is 37.7 Å². The molecule has 0 heterocycles. The van der Waals surface area contributed by atoms with Crippen LogP contribution in [0.2, 0.25) is 0 Å². The van der Waals surface area contributed by atoms with E-state index in [-0.39, 0.29) is 23.4 Å². The van der Waals surface area contributed by atoms with Crippen molar-refractivity contribution in [3.8, 4) is 11.5 Å². The number of rotatable bonds is 5. The van der Waals surface area contributed by atoms with E-state index in [4.69, 9.17) is 20.9 Å². The number of hydrogen-bond donors (Lipinski definition) is 2. The van der Waals surface area contributed by atoms with Crippen molar-refractivity contribution in [2.24, 2.45) is 0 Å². The van der Waals surface area contributed by atoms with E-state index in [1.165, 1.54) is 24.3 Å². The Morgan fingerprint density at radius 2 is 1.19 bits per heavy atom. The van der Waals surface area contributed by atoms with Crippen molar-refractivity contribution in [1.29, 1.82) is 0 Å². The van der Waals surface area contributed by atoms with Crippen LogP contribution < -0.4 is 20.9 Å². The first kappa shape index (κ1) is 25.0. The molecular weight excluding hydrogens is 486 g/mol. The molecule has 0 atom stereocenters. The summed E-state index contributed by atoms with van der Waals surface area (Å²) in [6.07, 6.45) is -5.24. The van der Waals surface area contributed by atoms with E-state index < -0.39 is 40.8 Å². The zero-order chi connectivity index (χ0) is 26.1. The van der Waals surface area contributed by atoms with Gasteiger partial charge in [0.25, 0.3) is 5.79 Å². The third-order valence-electron chi connectivity index (χ3n) is 5.45. The summed E-state index contributed by atoms with van der Waals surface area (Å²) in [4.78, 5) is 0. The monoisotopic (exact) mass is 506 g/mol. The predicted octanol–water partition coefficient (Wildman–Crippen LogP) is 7.09. The summed E-state index contributed by atoms with van der Waals surface area (Å²) in [7, 11) is 0. The quantitative estimate of drug-likeness (QED) is 0.220. The van der Waals surface area contributed by atoms with E-state index in [1.54, 1.807) is 36.4 Å². The third-order valence-corrected chi connectivity index (χ3v) is 5.45.